The monoisotopic (exact) mass is 572 g/mol. The van der Waals surface area contributed by atoms with E-state index in [1.165, 1.54) is 0 Å². The zero-order valence-corrected chi connectivity index (χ0v) is 25.8. The lowest BCUT2D eigenvalue weighted by molar-refractivity contribution is -0.109. The van der Waals surface area contributed by atoms with Crippen molar-refractivity contribution in [1.29, 1.82) is 0 Å². The molecule has 3 unspecified atom stereocenters. The van der Waals surface area contributed by atoms with Crippen LogP contribution in [-0.2, 0) is 13.6 Å². The molecule has 2 N–H and O–H groups in total. The van der Waals surface area contributed by atoms with E-state index in [0.717, 1.165) is 12.0 Å². The minimum absolute atomic E-state index is 0. The second-order valence-corrected chi connectivity index (χ2v) is 21.8. The average molecular weight is 573 g/mol. The van der Waals surface area contributed by atoms with Crippen molar-refractivity contribution in [3.8, 4) is 0 Å². The molecule has 38 heavy (non-hydrogen) atoms. The minimum atomic E-state index is -1.96. The Bertz CT molecular complexity index is 864. The van der Waals surface area contributed by atoms with Gasteiger partial charge in [-0.1, -0.05) is 56.4 Å². The zero-order chi connectivity index (χ0) is 27.8. The number of carbonyl (C=O) groups excluding carboxylic acids is 1. The van der Waals surface area contributed by atoms with Crippen LogP contribution in [0.4, 0.5) is 0 Å². The smallest absolute Gasteiger partial charge is 0.193 e. The van der Waals surface area contributed by atoms with Crippen molar-refractivity contribution in [2.75, 3.05) is 6.61 Å². The largest absolute Gasteiger partial charge is 0.467 e. The fourth-order valence-corrected chi connectivity index (χ4v) is 5.42. The molecule has 2 heterocycles. The summed E-state index contributed by atoms with van der Waals surface area (Å²) in [5, 5.41) is 18.9. The number of aldehydes is 1. The van der Waals surface area contributed by atoms with Gasteiger partial charge >= 0.3 is 0 Å². The van der Waals surface area contributed by atoms with Gasteiger partial charge in [-0.05, 0) is 60.5 Å². The van der Waals surface area contributed by atoms with E-state index >= 15 is 0 Å². The molecule has 0 saturated heterocycles. The van der Waals surface area contributed by atoms with Gasteiger partial charge in [-0.2, -0.15) is 0 Å². The Morgan fingerprint density at radius 3 is 1.55 bits per heavy atom. The predicted molar refractivity (Wildman–Crippen MR) is 161 cm³/mol. The summed E-state index contributed by atoms with van der Waals surface area (Å²) >= 11 is 0. The van der Waals surface area contributed by atoms with Crippen LogP contribution in [0.25, 0.3) is 0 Å². The molecule has 0 amide bonds. The lowest BCUT2D eigenvalue weighted by Gasteiger charge is -2.39. The van der Waals surface area contributed by atoms with Crippen molar-refractivity contribution in [3.63, 3.8) is 0 Å². The Balaban J connectivity index is 0. The van der Waals surface area contributed by atoms with Crippen LogP contribution in [-0.4, -0.2) is 45.8 Å². The Kier molecular flexibility index (Phi) is 16.2. The van der Waals surface area contributed by atoms with Crippen LogP contribution in [0.15, 0.2) is 45.6 Å². The minimum Gasteiger partial charge on any atom is -0.467 e. The zero-order valence-electron chi connectivity index (χ0n) is 23.8. The van der Waals surface area contributed by atoms with Crippen LogP contribution in [0.3, 0.4) is 0 Å². The van der Waals surface area contributed by atoms with Crippen molar-refractivity contribution >= 4 is 22.9 Å². The van der Waals surface area contributed by atoms with Gasteiger partial charge in [0.05, 0.1) is 25.2 Å². The lowest BCUT2D eigenvalue weighted by atomic mass is 10.1. The number of rotatable bonds is 11. The van der Waals surface area contributed by atoms with Gasteiger partial charge in [-0.3, -0.25) is 0 Å². The molecule has 222 valence electrons. The molecule has 0 saturated carbocycles. The van der Waals surface area contributed by atoms with Crippen molar-refractivity contribution in [1.82, 2.24) is 0 Å². The third-order valence-corrected chi connectivity index (χ3v) is 16.2. The van der Waals surface area contributed by atoms with Gasteiger partial charge in [-0.25, -0.2) is 0 Å². The van der Waals surface area contributed by atoms with Crippen LogP contribution in [0.1, 0.15) is 93.0 Å². The molecule has 9 heteroatoms. The summed E-state index contributed by atoms with van der Waals surface area (Å²) in [4.78, 5) is 10.7. The van der Waals surface area contributed by atoms with Gasteiger partial charge in [0.2, 0.25) is 0 Å². The average Bonchev–Trinajstić information content (AvgIpc) is 3.45. The van der Waals surface area contributed by atoms with E-state index < -0.39 is 22.7 Å². The number of hydrogen-bond acceptors (Lipinski definition) is 7. The molecule has 0 spiro atoms. The van der Waals surface area contributed by atoms with E-state index in [4.69, 9.17) is 22.8 Å². The topological polar surface area (TPSA) is 102 Å². The molecular weight excluding hydrogens is 516 g/mol. The van der Waals surface area contributed by atoms with Crippen molar-refractivity contribution in [2.45, 2.75) is 124 Å². The van der Waals surface area contributed by atoms with E-state index in [1.807, 2.05) is 24.3 Å². The van der Waals surface area contributed by atoms with Crippen LogP contribution >= 0.6 is 0 Å². The molecular formula is C29H56O7Si2. The highest BCUT2D eigenvalue weighted by Crippen LogP contribution is 2.41. The summed E-state index contributed by atoms with van der Waals surface area (Å²) in [6.07, 6.45) is 3.45. The standard InChI is InChI=1S/C14H26O4Si.C13H22O3Si.2CH4/c1-14(2,3)19(4,5)18-13(9-11(16)10-15)12-7-6-8-17-12;1-13(2,3)17(4,5)16-12(8-9-14)11-7-6-10-15-11;;/h6-8,11,13,15-16H,9-10H2,1-5H3;6-7,9-10,12H,8H2,1-5H3;2*1H4. The van der Waals surface area contributed by atoms with E-state index in [9.17, 15) is 9.90 Å². The van der Waals surface area contributed by atoms with Gasteiger partial charge in [0, 0.05) is 12.8 Å². The van der Waals surface area contributed by atoms with Crippen LogP contribution in [0, 0.1) is 0 Å². The summed E-state index contributed by atoms with van der Waals surface area (Å²) < 4.78 is 23.2. The number of hydrogen-bond donors (Lipinski definition) is 2. The first-order valence-corrected chi connectivity index (χ1v) is 18.4. The Hall–Kier alpha value is -1.50. The van der Waals surface area contributed by atoms with Gasteiger partial charge < -0.3 is 32.7 Å². The molecule has 0 aliphatic rings. The fourth-order valence-electron chi connectivity index (χ4n) is 2.87. The van der Waals surface area contributed by atoms with Gasteiger partial charge in [0.1, 0.15) is 30.0 Å². The quantitative estimate of drug-likeness (QED) is 0.206. The molecule has 0 aliphatic heterocycles. The third-order valence-electron chi connectivity index (χ3n) is 7.21. The molecule has 0 radical (unpaired) electrons. The molecule has 2 rings (SSSR count). The van der Waals surface area contributed by atoms with Gasteiger partial charge in [0.15, 0.2) is 16.6 Å². The van der Waals surface area contributed by atoms with E-state index in [1.54, 1.807) is 12.5 Å². The van der Waals surface area contributed by atoms with Crippen molar-refractivity contribution in [2.24, 2.45) is 0 Å². The molecule has 7 nitrogen and oxygen atoms in total. The van der Waals surface area contributed by atoms with Crippen LogP contribution < -0.4 is 0 Å². The highest BCUT2D eigenvalue weighted by molar-refractivity contribution is 6.74. The third kappa shape index (κ3) is 11.7. The fraction of sp³-hybridized carbons (Fsp3) is 0.690. The SMILES string of the molecule is C.C.CC(C)(C)[Si](C)(C)OC(CC(O)CO)c1ccco1.CC(C)(C)[Si](C)(C)OC(CC=O)c1ccco1. The Morgan fingerprint density at radius 2 is 1.24 bits per heavy atom. The van der Waals surface area contributed by atoms with E-state index in [-0.39, 0.29) is 43.7 Å². The maximum Gasteiger partial charge on any atom is 0.193 e. The molecule has 3 atom stereocenters. The highest BCUT2D eigenvalue weighted by atomic mass is 28.4. The highest BCUT2D eigenvalue weighted by Gasteiger charge is 2.41. The molecule has 0 fully saturated rings. The molecule has 0 aliphatic carbocycles. The second-order valence-electron chi connectivity index (χ2n) is 12.2. The number of furan rings is 2. The molecule has 2 aromatic heterocycles. The van der Waals surface area contributed by atoms with Crippen molar-refractivity contribution in [3.05, 3.63) is 48.3 Å². The molecule has 0 aromatic carbocycles. The molecule has 0 bridgehead atoms. The first-order chi connectivity index (χ1) is 16.4. The van der Waals surface area contributed by atoms with Gasteiger partial charge in [-0.15, -0.1) is 0 Å². The second kappa shape index (κ2) is 15.9. The van der Waals surface area contributed by atoms with Crippen LogP contribution in [0.5, 0.6) is 0 Å². The maximum atomic E-state index is 10.7. The normalized spacial score (nSPS) is 14.7. The van der Waals surface area contributed by atoms with E-state index in [0.29, 0.717) is 18.6 Å². The summed E-state index contributed by atoms with van der Waals surface area (Å²) in [7, 11) is -3.84. The van der Waals surface area contributed by atoms with Gasteiger partial charge in [0.25, 0.3) is 0 Å². The van der Waals surface area contributed by atoms with Crippen LogP contribution in [0.2, 0.25) is 36.3 Å². The maximum absolute atomic E-state index is 10.7. The number of aliphatic hydroxyl groups excluding tert-OH is 2. The first kappa shape index (κ1) is 38.7. The summed E-state index contributed by atoms with van der Waals surface area (Å²) in [6.45, 7) is 21.4. The summed E-state index contributed by atoms with van der Waals surface area (Å²) in [5.74, 6) is 1.44. The predicted octanol–water partition coefficient (Wildman–Crippen LogP) is 8.29. The molecule has 2 aromatic rings. The lowest BCUT2D eigenvalue weighted by Crippen LogP contribution is -2.42. The van der Waals surface area contributed by atoms with Crippen molar-refractivity contribution < 1.29 is 32.7 Å². The van der Waals surface area contributed by atoms with E-state index in [2.05, 4.69) is 67.7 Å². The first-order valence-electron chi connectivity index (χ1n) is 12.6. The summed E-state index contributed by atoms with van der Waals surface area (Å²) in [5.41, 5.74) is 0. The Labute approximate surface area is 234 Å². The Morgan fingerprint density at radius 1 is 0.842 bits per heavy atom. The number of carbonyl (C=O) groups is 1. The summed E-state index contributed by atoms with van der Waals surface area (Å²) in [6, 6.07) is 7.34. The number of aliphatic hydroxyl groups is 2.